The number of nitrogens with zero attached hydrogens (tertiary/aromatic N) is 2. The Bertz CT molecular complexity index is 555. The molecule has 0 aliphatic carbocycles. The second kappa shape index (κ2) is 7.33. The van der Waals surface area contributed by atoms with Crippen molar-refractivity contribution in [3.05, 3.63) is 41.7 Å². The molecule has 0 saturated heterocycles. The summed E-state index contributed by atoms with van der Waals surface area (Å²) in [6, 6.07) is 8.01. The van der Waals surface area contributed by atoms with Gasteiger partial charge in [0.15, 0.2) is 11.5 Å². The van der Waals surface area contributed by atoms with Gasteiger partial charge >= 0.3 is 0 Å². The van der Waals surface area contributed by atoms with Crippen molar-refractivity contribution >= 4 is 15.9 Å². The zero-order chi connectivity index (χ0) is 14.4. The third-order valence-electron chi connectivity index (χ3n) is 3.00. The number of benzene rings is 1. The molecule has 0 bridgehead atoms. The molecule has 0 N–H and O–H groups in total. The number of alkyl halides is 1. The number of hydrogen-bond donors (Lipinski definition) is 0. The standard InChI is InChI=1S/C15H19BrN2O2/c1-3-19-15-10-12(11-16)4-5-14(15)20-9-7-13-6-8-17-18(13)2/h4-6,8,10H,3,7,9,11H2,1-2H3. The summed E-state index contributed by atoms with van der Waals surface area (Å²) in [6.45, 7) is 3.21. The average molecular weight is 339 g/mol. The fraction of sp³-hybridized carbons (Fsp3) is 0.400. The first-order chi connectivity index (χ1) is 9.74. The number of ether oxygens (including phenoxy) is 2. The lowest BCUT2D eigenvalue weighted by Crippen LogP contribution is -2.07. The van der Waals surface area contributed by atoms with Gasteiger partial charge in [-0.25, -0.2) is 0 Å². The molecule has 108 valence electrons. The molecular weight excluding hydrogens is 320 g/mol. The highest BCUT2D eigenvalue weighted by molar-refractivity contribution is 9.08. The highest BCUT2D eigenvalue weighted by Gasteiger charge is 2.07. The van der Waals surface area contributed by atoms with Crippen LogP contribution in [-0.4, -0.2) is 23.0 Å². The molecule has 0 spiro atoms. The lowest BCUT2D eigenvalue weighted by atomic mass is 10.2. The molecule has 0 amide bonds. The molecule has 0 aliphatic heterocycles. The van der Waals surface area contributed by atoms with Crippen LogP contribution in [0.1, 0.15) is 18.2 Å². The maximum absolute atomic E-state index is 5.84. The minimum Gasteiger partial charge on any atom is -0.490 e. The second-order valence-corrected chi connectivity index (χ2v) is 4.95. The molecule has 0 unspecified atom stereocenters. The van der Waals surface area contributed by atoms with Crippen LogP contribution in [0.3, 0.4) is 0 Å². The van der Waals surface area contributed by atoms with Crippen LogP contribution < -0.4 is 9.47 Å². The minimum atomic E-state index is 0.604. The SMILES string of the molecule is CCOc1cc(CBr)ccc1OCCc1ccnn1C. The minimum absolute atomic E-state index is 0.604. The topological polar surface area (TPSA) is 36.3 Å². The van der Waals surface area contributed by atoms with Crippen LogP contribution in [0, 0.1) is 0 Å². The lowest BCUT2D eigenvalue weighted by molar-refractivity contribution is 0.277. The van der Waals surface area contributed by atoms with Gasteiger partial charge in [0, 0.05) is 30.7 Å². The van der Waals surface area contributed by atoms with Crippen LogP contribution in [-0.2, 0) is 18.8 Å². The summed E-state index contributed by atoms with van der Waals surface area (Å²) in [4.78, 5) is 0. The van der Waals surface area contributed by atoms with Crippen molar-refractivity contribution in [2.75, 3.05) is 13.2 Å². The van der Waals surface area contributed by atoms with E-state index in [1.807, 2.05) is 42.9 Å². The van der Waals surface area contributed by atoms with Gasteiger partial charge in [0.2, 0.25) is 0 Å². The maximum atomic E-state index is 5.84. The molecule has 0 fully saturated rings. The van der Waals surface area contributed by atoms with Gasteiger partial charge in [-0.2, -0.15) is 5.10 Å². The molecule has 1 aromatic heterocycles. The predicted molar refractivity (Wildman–Crippen MR) is 82.6 cm³/mol. The molecule has 2 aromatic rings. The van der Waals surface area contributed by atoms with E-state index in [9.17, 15) is 0 Å². The van der Waals surface area contributed by atoms with E-state index in [0.717, 1.165) is 28.9 Å². The molecule has 1 heterocycles. The van der Waals surface area contributed by atoms with Crippen molar-refractivity contribution in [3.8, 4) is 11.5 Å². The lowest BCUT2D eigenvalue weighted by Gasteiger charge is -2.13. The van der Waals surface area contributed by atoms with Gasteiger partial charge in [-0.15, -0.1) is 0 Å². The van der Waals surface area contributed by atoms with Crippen molar-refractivity contribution in [1.82, 2.24) is 9.78 Å². The van der Waals surface area contributed by atoms with Crippen LogP contribution >= 0.6 is 15.9 Å². The Kier molecular flexibility index (Phi) is 5.47. The van der Waals surface area contributed by atoms with Crippen molar-refractivity contribution in [3.63, 3.8) is 0 Å². The third-order valence-corrected chi connectivity index (χ3v) is 3.65. The van der Waals surface area contributed by atoms with Gasteiger partial charge < -0.3 is 9.47 Å². The quantitative estimate of drug-likeness (QED) is 0.726. The van der Waals surface area contributed by atoms with E-state index in [0.29, 0.717) is 13.2 Å². The van der Waals surface area contributed by atoms with Crippen molar-refractivity contribution in [1.29, 1.82) is 0 Å². The first kappa shape index (κ1) is 14.9. The first-order valence-electron chi connectivity index (χ1n) is 6.66. The van der Waals surface area contributed by atoms with Crippen LogP contribution in [0.4, 0.5) is 0 Å². The summed E-state index contributed by atoms with van der Waals surface area (Å²) in [5.74, 6) is 1.59. The van der Waals surface area contributed by atoms with Gasteiger partial charge in [0.05, 0.1) is 13.2 Å². The molecule has 1 aromatic carbocycles. The number of rotatable bonds is 7. The number of aryl methyl sites for hydroxylation is 1. The van der Waals surface area contributed by atoms with E-state index >= 15 is 0 Å². The second-order valence-electron chi connectivity index (χ2n) is 4.39. The Hall–Kier alpha value is -1.49. The zero-order valence-corrected chi connectivity index (χ0v) is 13.4. The van der Waals surface area contributed by atoms with Crippen molar-refractivity contribution < 1.29 is 9.47 Å². The Morgan fingerprint density at radius 1 is 1.20 bits per heavy atom. The van der Waals surface area contributed by atoms with Crippen LogP contribution in [0.15, 0.2) is 30.5 Å². The summed E-state index contributed by atoms with van der Waals surface area (Å²) < 4.78 is 13.3. The monoisotopic (exact) mass is 338 g/mol. The van der Waals surface area contributed by atoms with Gasteiger partial charge in [-0.1, -0.05) is 22.0 Å². The maximum Gasteiger partial charge on any atom is 0.161 e. The summed E-state index contributed by atoms with van der Waals surface area (Å²) in [6.07, 6.45) is 2.62. The first-order valence-corrected chi connectivity index (χ1v) is 7.78. The Morgan fingerprint density at radius 2 is 2.05 bits per heavy atom. The highest BCUT2D eigenvalue weighted by atomic mass is 79.9. The number of halogens is 1. The Labute approximate surface area is 127 Å². The largest absolute Gasteiger partial charge is 0.490 e. The van der Waals surface area contributed by atoms with Gasteiger partial charge in [0.25, 0.3) is 0 Å². The molecule has 5 heteroatoms. The fourth-order valence-corrected chi connectivity index (χ4v) is 2.28. The normalized spacial score (nSPS) is 10.6. The summed E-state index contributed by atoms with van der Waals surface area (Å²) in [5.41, 5.74) is 2.33. The molecule has 0 atom stereocenters. The van der Waals surface area contributed by atoms with Crippen LogP contribution in [0.2, 0.25) is 0 Å². The molecule has 2 rings (SSSR count). The summed E-state index contributed by atoms with van der Waals surface area (Å²) in [5, 5.41) is 4.95. The average Bonchev–Trinajstić information content (AvgIpc) is 2.86. The predicted octanol–water partition coefficient (Wildman–Crippen LogP) is 3.34. The molecule has 0 radical (unpaired) electrons. The van der Waals surface area contributed by atoms with Crippen LogP contribution in [0.5, 0.6) is 11.5 Å². The number of aromatic nitrogens is 2. The van der Waals surface area contributed by atoms with E-state index in [2.05, 4.69) is 21.0 Å². The van der Waals surface area contributed by atoms with Crippen LogP contribution in [0.25, 0.3) is 0 Å². The number of hydrogen-bond acceptors (Lipinski definition) is 3. The molecular formula is C15H19BrN2O2. The van der Waals surface area contributed by atoms with E-state index in [4.69, 9.17) is 9.47 Å². The van der Waals surface area contributed by atoms with E-state index in [1.165, 1.54) is 5.56 Å². The van der Waals surface area contributed by atoms with Gasteiger partial charge in [-0.3, -0.25) is 4.68 Å². The molecule has 0 saturated carbocycles. The van der Waals surface area contributed by atoms with E-state index in [1.54, 1.807) is 6.20 Å². The summed E-state index contributed by atoms with van der Waals surface area (Å²) >= 11 is 3.45. The van der Waals surface area contributed by atoms with Crippen molar-refractivity contribution in [2.24, 2.45) is 7.05 Å². The fourth-order valence-electron chi connectivity index (χ4n) is 1.94. The Balaban J connectivity index is 1.99. The summed E-state index contributed by atoms with van der Waals surface area (Å²) in [7, 11) is 1.94. The Morgan fingerprint density at radius 3 is 2.70 bits per heavy atom. The molecule has 0 aliphatic rings. The van der Waals surface area contributed by atoms with Gasteiger partial charge in [-0.05, 0) is 30.7 Å². The van der Waals surface area contributed by atoms with Gasteiger partial charge in [0.1, 0.15) is 0 Å². The molecule has 20 heavy (non-hydrogen) atoms. The van der Waals surface area contributed by atoms with E-state index in [-0.39, 0.29) is 0 Å². The van der Waals surface area contributed by atoms with E-state index < -0.39 is 0 Å². The highest BCUT2D eigenvalue weighted by Crippen LogP contribution is 2.29. The third kappa shape index (κ3) is 3.76. The smallest absolute Gasteiger partial charge is 0.161 e. The van der Waals surface area contributed by atoms with Crippen molar-refractivity contribution in [2.45, 2.75) is 18.7 Å². The molecule has 4 nitrogen and oxygen atoms in total. The zero-order valence-electron chi connectivity index (χ0n) is 11.8.